The number of hydrogen-bond donors (Lipinski definition) is 2. The van der Waals surface area contributed by atoms with Gasteiger partial charge in [-0.25, -0.2) is 15.0 Å². The molecule has 180 valence electrons. The number of hydrogen-bond acceptors (Lipinski definition) is 9. The number of aliphatic imine (C=N–C) groups is 2. The second kappa shape index (κ2) is 8.94. The second-order valence-corrected chi connectivity index (χ2v) is 9.56. The Morgan fingerprint density at radius 3 is 2.91 bits per heavy atom. The van der Waals surface area contributed by atoms with Gasteiger partial charge in [-0.3, -0.25) is 10.1 Å². The Hall–Kier alpha value is -3.50. The minimum absolute atomic E-state index is 0.106. The molecule has 0 bridgehead atoms. The molecule has 0 saturated carbocycles. The van der Waals surface area contributed by atoms with Crippen molar-refractivity contribution in [1.82, 2.24) is 25.1 Å². The number of pyridine rings is 1. The quantitative estimate of drug-likeness (QED) is 0.566. The summed E-state index contributed by atoms with van der Waals surface area (Å²) in [6, 6.07) is 7.88. The van der Waals surface area contributed by atoms with Crippen molar-refractivity contribution in [3.05, 3.63) is 52.9 Å². The summed E-state index contributed by atoms with van der Waals surface area (Å²) in [4.78, 5) is 16.0. The molecule has 0 radical (unpaired) electrons. The van der Waals surface area contributed by atoms with Crippen molar-refractivity contribution < 1.29 is 4.74 Å². The molecule has 1 aromatic carbocycles. The summed E-state index contributed by atoms with van der Waals surface area (Å²) in [7, 11) is 2.13. The molecule has 0 amide bonds. The molecular formula is C24H26ClN9O. The fourth-order valence-corrected chi connectivity index (χ4v) is 5.17. The summed E-state index contributed by atoms with van der Waals surface area (Å²) in [6.07, 6.45) is 6.75. The van der Waals surface area contributed by atoms with Crippen molar-refractivity contribution in [3.63, 3.8) is 0 Å². The molecule has 6 rings (SSSR count). The minimum Gasteiger partial charge on any atom is -0.474 e. The molecular weight excluding hydrogens is 466 g/mol. The molecule has 11 heteroatoms. The monoisotopic (exact) mass is 491 g/mol. The van der Waals surface area contributed by atoms with Gasteiger partial charge < -0.3 is 15.4 Å². The number of H-pyrrole nitrogens is 1. The zero-order valence-electron chi connectivity index (χ0n) is 19.3. The summed E-state index contributed by atoms with van der Waals surface area (Å²) in [6.45, 7) is 2.43. The maximum Gasteiger partial charge on any atom is 0.223 e. The number of likely N-dealkylation sites (tertiary alicyclic amines) is 1. The Morgan fingerprint density at radius 2 is 2.11 bits per heavy atom. The highest BCUT2D eigenvalue weighted by molar-refractivity contribution is 6.36. The van der Waals surface area contributed by atoms with Gasteiger partial charge in [-0.1, -0.05) is 23.7 Å². The largest absolute Gasteiger partial charge is 0.474 e. The molecule has 35 heavy (non-hydrogen) atoms. The third kappa shape index (κ3) is 4.12. The van der Waals surface area contributed by atoms with Crippen LogP contribution in [0.25, 0.3) is 10.8 Å². The van der Waals surface area contributed by atoms with E-state index in [1.807, 2.05) is 29.3 Å². The van der Waals surface area contributed by atoms with Crippen LogP contribution in [-0.4, -0.2) is 75.4 Å². The maximum atomic E-state index is 6.59. The number of aromatic amines is 1. The minimum atomic E-state index is -0.299. The number of nitrogens with two attached hydrogens (primary N) is 1. The fraction of sp³-hybridized carbons (Fsp3) is 0.375. The molecule has 2 unspecified atom stereocenters. The smallest absolute Gasteiger partial charge is 0.223 e. The zero-order chi connectivity index (χ0) is 23.9. The average molecular weight is 492 g/mol. The number of amidine groups is 1. The first kappa shape index (κ1) is 22.0. The standard InChI is InChI=1S/C24H26ClN9O/c1-33-7-5-17(6-8-33)35-24-19-14(3-2-4-18(19)25)9-16(31-24)12-34-23-20(22(26)27-13-28-23)21(32-34)15-10-29-30-11-15/h2-4,9-11,13,17,20,23H,5-8,12H2,1H3,(H,29,30)(H2,26,27,28). The number of ether oxygens (including phenoxy) is 1. The summed E-state index contributed by atoms with van der Waals surface area (Å²) < 4.78 is 6.45. The Labute approximate surface area is 207 Å². The van der Waals surface area contributed by atoms with E-state index in [0.29, 0.717) is 23.3 Å². The van der Waals surface area contributed by atoms with E-state index < -0.39 is 0 Å². The van der Waals surface area contributed by atoms with Gasteiger partial charge in [0, 0.05) is 24.8 Å². The SMILES string of the molecule is CN1CCC(Oc2nc(CN3N=C(c4cn[nH]c4)C4C(N)=NC=NC43)cc3cccc(Cl)c23)CC1. The lowest BCUT2D eigenvalue weighted by Gasteiger charge is -2.29. The highest BCUT2D eigenvalue weighted by Crippen LogP contribution is 2.35. The van der Waals surface area contributed by atoms with Gasteiger partial charge in [0.15, 0.2) is 6.17 Å². The van der Waals surface area contributed by atoms with Crippen LogP contribution in [0.15, 0.2) is 51.7 Å². The van der Waals surface area contributed by atoms with Crippen LogP contribution in [0.2, 0.25) is 5.02 Å². The van der Waals surface area contributed by atoms with Gasteiger partial charge in [0.25, 0.3) is 0 Å². The number of fused-ring (bicyclic) bond motifs is 2. The van der Waals surface area contributed by atoms with E-state index >= 15 is 0 Å². The molecule has 1 saturated heterocycles. The molecule has 5 heterocycles. The van der Waals surface area contributed by atoms with Crippen LogP contribution >= 0.6 is 11.6 Å². The van der Waals surface area contributed by atoms with Crippen LogP contribution in [0.4, 0.5) is 0 Å². The highest BCUT2D eigenvalue weighted by Gasteiger charge is 2.42. The Kier molecular flexibility index (Phi) is 5.62. The molecule has 10 nitrogen and oxygen atoms in total. The molecule has 2 atom stereocenters. The first-order valence-corrected chi connectivity index (χ1v) is 12.1. The first-order valence-electron chi connectivity index (χ1n) is 11.7. The lowest BCUT2D eigenvalue weighted by atomic mass is 9.95. The van der Waals surface area contributed by atoms with Gasteiger partial charge in [0.05, 0.1) is 34.6 Å². The van der Waals surface area contributed by atoms with E-state index in [2.05, 4.69) is 32.1 Å². The molecule has 3 N–H and O–H groups in total. The lowest BCUT2D eigenvalue weighted by Crippen LogP contribution is -2.42. The summed E-state index contributed by atoms with van der Waals surface area (Å²) in [5.41, 5.74) is 8.73. The van der Waals surface area contributed by atoms with Gasteiger partial charge >= 0.3 is 0 Å². The van der Waals surface area contributed by atoms with E-state index in [4.69, 9.17) is 32.2 Å². The number of rotatable bonds is 5. The van der Waals surface area contributed by atoms with Crippen molar-refractivity contribution >= 4 is 40.3 Å². The van der Waals surface area contributed by atoms with Gasteiger partial charge in [0.2, 0.25) is 5.88 Å². The fourth-order valence-electron chi connectivity index (χ4n) is 4.91. The predicted molar refractivity (Wildman–Crippen MR) is 136 cm³/mol. The van der Waals surface area contributed by atoms with Crippen molar-refractivity contribution in [2.75, 3.05) is 20.1 Å². The molecule has 0 spiro atoms. The van der Waals surface area contributed by atoms with E-state index in [0.717, 1.165) is 53.7 Å². The second-order valence-electron chi connectivity index (χ2n) is 9.16. The number of halogens is 1. The van der Waals surface area contributed by atoms with Gasteiger partial charge in [-0.15, -0.1) is 0 Å². The Balaban J connectivity index is 1.35. The molecule has 3 aliphatic rings. The predicted octanol–water partition coefficient (Wildman–Crippen LogP) is 2.65. The Bertz CT molecular complexity index is 1330. The van der Waals surface area contributed by atoms with Crippen LogP contribution in [-0.2, 0) is 6.54 Å². The van der Waals surface area contributed by atoms with Crippen LogP contribution in [0.1, 0.15) is 24.1 Å². The first-order chi connectivity index (χ1) is 17.1. The summed E-state index contributed by atoms with van der Waals surface area (Å²) in [5, 5.41) is 16.1. The third-order valence-corrected chi connectivity index (χ3v) is 7.08. The molecule has 0 aliphatic carbocycles. The van der Waals surface area contributed by atoms with Crippen LogP contribution in [0.5, 0.6) is 5.88 Å². The van der Waals surface area contributed by atoms with E-state index in [1.54, 1.807) is 12.4 Å². The molecule has 3 aliphatic heterocycles. The number of nitrogens with one attached hydrogen (secondary N) is 1. The van der Waals surface area contributed by atoms with Crippen molar-refractivity contribution in [2.24, 2.45) is 26.7 Å². The van der Waals surface area contributed by atoms with Crippen LogP contribution in [0, 0.1) is 5.92 Å². The van der Waals surface area contributed by atoms with Crippen molar-refractivity contribution in [1.29, 1.82) is 0 Å². The third-order valence-electron chi connectivity index (χ3n) is 6.77. The van der Waals surface area contributed by atoms with Crippen molar-refractivity contribution in [2.45, 2.75) is 31.7 Å². The van der Waals surface area contributed by atoms with Gasteiger partial charge in [0.1, 0.15) is 24.2 Å². The number of hydrazone groups is 1. The average Bonchev–Trinajstić information content (AvgIpc) is 3.50. The number of aromatic nitrogens is 3. The number of piperidine rings is 1. The molecule has 1 fully saturated rings. The summed E-state index contributed by atoms with van der Waals surface area (Å²) in [5.74, 6) is 0.806. The van der Waals surface area contributed by atoms with E-state index in [1.165, 1.54) is 6.34 Å². The van der Waals surface area contributed by atoms with Crippen LogP contribution in [0.3, 0.4) is 0 Å². The van der Waals surface area contributed by atoms with E-state index in [9.17, 15) is 0 Å². The highest BCUT2D eigenvalue weighted by atomic mass is 35.5. The molecule has 2 aromatic heterocycles. The number of nitrogens with zero attached hydrogens (tertiary/aromatic N) is 7. The maximum absolute atomic E-state index is 6.59. The summed E-state index contributed by atoms with van der Waals surface area (Å²) >= 11 is 6.59. The number of benzene rings is 1. The van der Waals surface area contributed by atoms with Crippen LogP contribution < -0.4 is 10.5 Å². The van der Waals surface area contributed by atoms with Gasteiger partial charge in [-0.2, -0.15) is 10.2 Å². The molecule has 3 aromatic rings. The van der Waals surface area contributed by atoms with E-state index in [-0.39, 0.29) is 18.2 Å². The lowest BCUT2D eigenvalue weighted by molar-refractivity contribution is 0.111. The Morgan fingerprint density at radius 1 is 1.26 bits per heavy atom. The topological polar surface area (TPSA) is 120 Å². The van der Waals surface area contributed by atoms with Crippen molar-refractivity contribution in [3.8, 4) is 5.88 Å². The zero-order valence-corrected chi connectivity index (χ0v) is 20.1. The normalized spacial score (nSPS) is 22.9. The van der Waals surface area contributed by atoms with Gasteiger partial charge in [-0.05, 0) is 37.4 Å².